The van der Waals surface area contributed by atoms with Crippen LogP contribution in [0.1, 0.15) is 64.7 Å². The summed E-state index contributed by atoms with van der Waals surface area (Å²) in [5.41, 5.74) is 0. The van der Waals surface area contributed by atoms with Gasteiger partial charge in [-0.1, -0.05) is 38.3 Å². The van der Waals surface area contributed by atoms with Crippen molar-refractivity contribution in [2.45, 2.75) is 70.8 Å². The first-order valence-corrected chi connectivity index (χ1v) is 9.09. The average molecular weight is 341 g/mol. The number of quaternary nitrogens is 1. The van der Waals surface area contributed by atoms with E-state index in [0.29, 0.717) is 17.4 Å². The predicted molar refractivity (Wildman–Crippen MR) is 94.2 cm³/mol. The van der Waals surface area contributed by atoms with Gasteiger partial charge in [-0.25, -0.2) is 0 Å². The maximum Gasteiger partial charge on any atom is 0.306 e. The topological polar surface area (TPSA) is 66.4 Å². The molecule has 140 valence electrons. The number of unbranched alkanes of at least 4 members (excludes halogenated alkanes) is 5. The van der Waals surface area contributed by atoms with Crippen LogP contribution in [-0.4, -0.2) is 50.2 Å². The van der Waals surface area contributed by atoms with Crippen LogP contribution in [-0.2, 0) is 14.3 Å². The minimum absolute atomic E-state index is 0.251. The molecule has 0 spiro atoms. The fraction of sp³-hybridized carbons (Fsp3) is 0.789. The van der Waals surface area contributed by atoms with Gasteiger partial charge in [0.1, 0.15) is 6.54 Å². The second-order valence-corrected chi connectivity index (χ2v) is 7.37. The Labute approximate surface area is 147 Å². The minimum Gasteiger partial charge on any atom is -0.550 e. The van der Waals surface area contributed by atoms with Gasteiger partial charge in [0.05, 0.1) is 21.1 Å². The maximum absolute atomic E-state index is 11.9. The van der Waals surface area contributed by atoms with Crippen molar-refractivity contribution >= 4 is 11.9 Å². The molecule has 0 aromatic rings. The highest BCUT2D eigenvalue weighted by Gasteiger charge is 2.22. The fourth-order valence-corrected chi connectivity index (χ4v) is 2.47. The molecular weight excluding hydrogens is 306 g/mol. The molecule has 0 rings (SSSR count). The lowest BCUT2D eigenvalue weighted by Gasteiger charge is -2.29. The number of carbonyl (C=O) groups excluding carboxylic acids is 2. The third-order valence-corrected chi connectivity index (χ3v) is 3.59. The van der Waals surface area contributed by atoms with Crippen LogP contribution in [0.25, 0.3) is 0 Å². The number of rotatable bonds is 14. The van der Waals surface area contributed by atoms with Gasteiger partial charge in [0.15, 0.2) is 6.10 Å². The molecule has 0 aromatic carbocycles. The number of hydrogen-bond acceptors (Lipinski definition) is 4. The second kappa shape index (κ2) is 13.0. The third kappa shape index (κ3) is 15.5. The highest BCUT2D eigenvalue weighted by Crippen LogP contribution is 2.08. The number of nitrogens with zero attached hydrogens (tertiary/aromatic N) is 1. The van der Waals surface area contributed by atoms with Crippen LogP contribution >= 0.6 is 0 Å². The molecule has 0 heterocycles. The van der Waals surface area contributed by atoms with E-state index in [1.54, 1.807) is 0 Å². The summed E-state index contributed by atoms with van der Waals surface area (Å²) in [6.07, 6.45) is 11.5. The molecule has 0 amide bonds. The minimum atomic E-state index is -1.19. The van der Waals surface area contributed by atoms with Gasteiger partial charge in [0.2, 0.25) is 0 Å². The van der Waals surface area contributed by atoms with Crippen LogP contribution in [0.15, 0.2) is 12.2 Å². The van der Waals surface area contributed by atoms with Crippen LogP contribution in [0.5, 0.6) is 0 Å². The van der Waals surface area contributed by atoms with E-state index in [2.05, 4.69) is 19.1 Å². The Hall–Kier alpha value is -1.36. The standard InChI is InChI=1S/C19H35NO4/c1-5-6-7-8-9-10-11-12-13-14-19(23)24-17(15-18(21)22)16-20(2,3)4/h10-11,17H,5-9,12-16H2,1-4H3. The molecule has 0 saturated carbocycles. The number of allylic oxidation sites excluding steroid dienone is 2. The molecule has 5 nitrogen and oxygen atoms in total. The normalized spacial score (nSPS) is 13.2. The van der Waals surface area contributed by atoms with Gasteiger partial charge in [-0.3, -0.25) is 4.79 Å². The smallest absolute Gasteiger partial charge is 0.306 e. The zero-order chi connectivity index (χ0) is 18.4. The fourth-order valence-electron chi connectivity index (χ4n) is 2.47. The third-order valence-electron chi connectivity index (χ3n) is 3.59. The van der Waals surface area contributed by atoms with Crippen molar-refractivity contribution in [2.75, 3.05) is 27.7 Å². The SMILES string of the molecule is CCCCCCC=CCCCC(=O)OC(CC(=O)[O-])C[N+](C)(C)C. The molecule has 0 aliphatic carbocycles. The van der Waals surface area contributed by atoms with Crippen LogP contribution in [0.2, 0.25) is 0 Å². The maximum atomic E-state index is 11.9. The Bertz CT molecular complexity index is 385. The van der Waals surface area contributed by atoms with Gasteiger partial charge in [-0.05, 0) is 25.7 Å². The van der Waals surface area contributed by atoms with Gasteiger partial charge < -0.3 is 19.1 Å². The van der Waals surface area contributed by atoms with E-state index in [4.69, 9.17) is 4.74 Å². The summed E-state index contributed by atoms with van der Waals surface area (Å²) in [6, 6.07) is 0. The summed E-state index contributed by atoms with van der Waals surface area (Å²) in [5.74, 6) is -1.52. The summed E-state index contributed by atoms with van der Waals surface area (Å²) >= 11 is 0. The molecule has 0 N–H and O–H groups in total. The molecule has 24 heavy (non-hydrogen) atoms. The lowest BCUT2D eigenvalue weighted by atomic mass is 10.1. The van der Waals surface area contributed by atoms with E-state index in [1.807, 2.05) is 21.1 Å². The zero-order valence-electron chi connectivity index (χ0n) is 15.9. The van der Waals surface area contributed by atoms with E-state index >= 15 is 0 Å². The molecule has 1 unspecified atom stereocenters. The highest BCUT2D eigenvalue weighted by atomic mass is 16.5. The van der Waals surface area contributed by atoms with Crippen LogP contribution in [0.3, 0.4) is 0 Å². The Morgan fingerprint density at radius 2 is 1.67 bits per heavy atom. The summed E-state index contributed by atoms with van der Waals surface area (Å²) < 4.78 is 5.84. The number of carbonyl (C=O) groups is 2. The van der Waals surface area contributed by atoms with Crippen molar-refractivity contribution in [3.8, 4) is 0 Å². The molecule has 0 aliphatic rings. The van der Waals surface area contributed by atoms with Crippen molar-refractivity contribution in [1.29, 1.82) is 0 Å². The van der Waals surface area contributed by atoms with Crippen molar-refractivity contribution in [1.82, 2.24) is 0 Å². The van der Waals surface area contributed by atoms with Crippen molar-refractivity contribution in [3.63, 3.8) is 0 Å². The number of aliphatic carboxylic acids is 1. The lowest BCUT2D eigenvalue weighted by molar-refractivity contribution is -0.873. The average Bonchev–Trinajstić information content (AvgIpc) is 2.42. The molecular formula is C19H35NO4. The van der Waals surface area contributed by atoms with Crippen LogP contribution < -0.4 is 5.11 Å². The number of hydrogen-bond donors (Lipinski definition) is 0. The van der Waals surface area contributed by atoms with Crippen molar-refractivity contribution < 1.29 is 23.9 Å². The number of likely N-dealkylation sites (N-methyl/N-ethyl adjacent to an activating group) is 1. The number of carboxylic acids is 1. The van der Waals surface area contributed by atoms with Gasteiger partial charge >= 0.3 is 5.97 Å². The molecule has 1 atom stereocenters. The molecule has 0 radical (unpaired) electrons. The summed E-state index contributed by atoms with van der Waals surface area (Å²) in [6.45, 7) is 2.66. The van der Waals surface area contributed by atoms with Crippen molar-refractivity contribution in [2.24, 2.45) is 0 Å². The lowest BCUT2D eigenvalue weighted by Crippen LogP contribution is -2.45. The van der Waals surface area contributed by atoms with Crippen molar-refractivity contribution in [3.05, 3.63) is 12.2 Å². The number of carboxylic acid groups (broad SMARTS) is 1. The first-order valence-electron chi connectivity index (χ1n) is 9.09. The first-order chi connectivity index (χ1) is 11.2. The molecule has 0 aromatic heterocycles. The first kappa shape index (κ1) is 22.6. The number of esters is 1. The molecule has 0 aliphatic heterocycles. The van der Waals surface area contributed by atoms with E-state index < -0.39 is 12.1 Å². The Morgan fingerprint density at radius 1 is 1.04 bits per heavy atom. The molecule has 5 heteroatoms. The Balaban J connectivity index is 3.95. The monoisotopic (exact) mass is 341 g/mol. The Kier molecular flexibility index (Phi) is 12.3. The van der Waals surface area contributed by atoms with E-state index in [1.165, 1.54) is 25.7 Å². The van der Waals surface area contributed by atoms with E-state index in [-0.39, 0.29) is 12.4 Å². The van der Waals surface area contributed by atoms with Crippen LogP contribution in [0, 0.1) is 0 Å². The van der Waals surface area contributed by atoms with E-state index in [0.717, 1.165) is 19.3 Å². The second-order valence-electron chi connectivity index (χ2n) is 7.37. The van der Waals surface area contributed by atoms with Gasteiger partial charge in [0.25, 0.3) is 0 Å². The van der Waals surface area contributed by atoms with Gasteiger partial charge in [0, 0.05) is 18.8 Å². The number of ether oxygens (including phenoxy) is 1. The quantitative estimate of drug-likeness (QED) is 0.211. The van der Waals surface area contributed by atoms with Crippen LogP contribution in [0.4, 0.5) is 0 Å². The highest BCUT2D eigenvalue weighted by molar-refractivity contribution is 5.70. The molecule has 0 fully saturated rings. The summed E-state index contributed by atoms with van der Waals surface area (Å²) in [4.78, 5) is 22.6. The predicted octanol–water partition coefficient (Wildman–Crippen LogP) is 2.44. The largest absolute Gasteiger partial charge is 0.550 e. The summed E-state index contributed by atoms with van der Waals surface area (Å²) in [7, 11) is 5.80. The zero-order valence-corrected chi connectivity index (χ0v) is 15.9. The Morgan fingerprint density at radius 3 is 2.21 bits per heavy atom. The molecule has 0 bridgehead atoms. The molecule has 0 saturated heterocycles. The van der Waals surface area contributed by atoms with Gasteiger partial charge in [-0.2, -0.15) is 0 Å². The summed E-state index contributed by atoms with van der Waals surface area (Å²) in [5, 5.41) is 10.8. The van der Waals surface area contributed by atoms with E-state index in [9.17, 15) is 14.7 Å². The van der Waals surface area contributed by atoms with Gasteiger partial charge in [-0.15, -0.1) is 0 Å².